The molecule has 14 heavy (non-hydrogen) atoms. The van der Waals surface area contributed by atoms with Crippen LogP contribution in [-0.4, -0.2) is 20.9 Å². The first-order valence-electron chi connectivity index (χ1n) is 3.32. The molecule has 8 heteroatoms. The van der Waals surface area contributed by atoms with Crippen molar-refractivity contribution in [2.45, 2.75) is 13.0 Å². The summed E-state index contributed by atoms with van der Waals surface area (Å²) < 4.78 is 47.8. The summed E-state index contributed by atoms with van der Waals surface area (Å²) in [7, 11) is 0. The second-order valence-corrected chi connectivity index (χ2v) is 2.28. The van der Waals surface area contributed by atoms with Gasteiger partial charge >= 0.3 is 12.5 Å². The van der Waals surface area contributed by atoms with Crippen LogP contribution in [0.1, 0.15) is 29.2 Å². The lowest BCUT2D eigenvalue weighted by Gasteiger charge is -2.00. The highest BCUT2D eigenvalue weighted by atomic mass is 19.3. The number of carbonyl (C=O) groups is 1. The molecule has 0 unspecified atom stereocenters. The summed E-state index contributed by atoms with van der Waals surface area (Å²) in [5.41, 5.74) is -1.95. The van der Waals surface area contributed by atoms with Crippen molar-refractivity contribution in [2.75, 3.05) is 0 Å². The smallest absolute Gasteiger partial charge is 0.354 e. The van der Waals surface area contributed by atoms with Crippen LogP contribution in [0.15, 0.2) is 6.07 Å². The summed E-state index contributed by atoms with van der Waals surface area (Å²) >= 11 is 0. The summed E-state index contributed by atoms with van der Waals surface area (Å²) in [4.78, 5) is 10.3. The lowest BCUT2D eigenvalue weighted by Crippen LogP contribution is -2.10. The zero-order valence-electron chi connectivity index (χ0n) is 6.49. The molecule has 0 aromatic carbocycles. The maximum atomic E-state index is 12.1. The van der Waals surface area contributed by atoms with Crippen LogP contribution < -0.4 is 0 Å². The third-order valence-electron chi connectivity index (χ3n) is 1.38. The molecule has 78 valence electrons. The molecule has 1 aromatic heterocycles. The molecule has 1 heterocycles. The Bertz CT molecular complexity index is 350. The van der Waals surface area contributed by atoms with Crippen LogP contribution in [0, 0.1) is 0 Å². The summed E-state index contributed by atoms with van der Waals surface area (Å²) in [6.45, 7) is -3.26. The van der Waals surface area contributed by atoms with E-state index in [9.17, 15) is 22.4 Å². The van der Waals surface area contributed by atoms with Crippen LogP contribution in [-0.2, 0) is 0 Å². The van der Waals surface area contributed by atoms with Gasteiger partial charge in [0, 0.05) is 6.07 Å². The third kappa shape index (κ3) is 1.83. The molecule has 0 radical (unpaired) electrons. The predicted octanol–water partition coefficient (Wildman–Crippen LogP) is 1.91. The molecule has 0 fully saturated rings. The Labute approximate surface area is 74.8 Å². The van der Waals surface area contributed by atoms with E-state index >= 15 is 0 Å². The highest BCUT2D eigenvalue weighted by molar-refractivity contribution is 5.85. The number of halogens is 4. The molecule has 1 N–H and O–H groups in total. The Balaban J connectivity index is 3.19. The molecule has 0 spiro atoms. The Morgan fingerprint density at radius 1 is 1.43 bits per heavy atom. The van der Waals surface area contributed by atoms with Gasteiger partial charge in [-0.2, -0.15) is 18.6 Å². The minimum Gasteiger partial charge on any atom is -0.477 e. The van der Waals surface area contributed by atoms with Gasteiger partial charge in [-0.1, -0.05) is 0 Å². The first kappa shape index (κ1) is 10.5. The lowest BCUT2D eigenvalue weighted by atomic mass is 10.3. The van der Waals surface area contributed by atoms with Gasteiger partial charge < -0.3 is 5.11 Å². The van der Waals surface area contributed by atoms with Gasteiger partial charge in [-0.05, 0) is 0 Å². The van der Waals surface area contributed by atoms with Gasteiger partial charge in [0.05, 0.1) is 0 Å². The van der Waals surface area contributed by atoms with Crippen molar-refractivity contribution >= 4 is 5.97 Å². The molecule has 1 rings (SSSR count). The van der Waals surface area contributed by atoms with Gasteiger partial charge in [-0.15, -0.1) is 0 Å². The third-order valence-corrected chi connectivity index (χ3v) is 1.38. The van der Waals surface area contributed by atoms with Crippen LogP contribution in [0.3, 0.4) is 0 Å². The second-order valence-electron chi connectivity index (χ2n) is 2.28. The Kier molecular flexibility index (Phi) is 2.73. The van der Waals surface area contributed by atoms with E-state index in [1.54, 1.807) is 0 Å². The molecule has 1 aromatic rings. The lowest BCUT2D eigenvalue weighted by molar-refractivity contribution is 0.0423. The van der Waals surface area contributed by atoms with E-state index in [1.807, 2.05) is 0 Å². The molecular weight excluding hydrogens is 208 g/mol. The maximum absolute atomic E-state index is 12.1. The molecule has 0 saturated heterocycles. The van der Waals surface area contributed by atoms with Crippen molar-refractivity contribution in [3.63, 3.8) is 0 Å². The first-order chi connectivity index (χ1) is 6.43. The van der Waals surface area contributed by atoms with E-state index in [2.05, 4.69) is 5.10 Å². The Hall–Kier alpha value is -1.60. The Morgan fingerprint density at radius 3 is 2.29 bits per heavy atom. The minimum absolute atomic E-state index is 0.260. The normalized spacial score (nSPS) is 11.3. The number of carboxylic acids is 1. The predicted molar refractivity (Wildman–Crippen MR) is 35.4 cm³/mol. The second kappa shape index (κ2) is 3.64. The van der Waals surface area contributed by atoms with E-state index in [-0.39, 0.29) is 4.68 Å². The summed E-state index contributed by atoms with van der Waals surface area (Å²) in [5, 5.41) is 11.1. The molecule has 4 nitrogen and oxygen atoms in total. The van der Waals surface area contributed by atoms with Gasteiger partial charge in [0.1, 0.15) is 5.69 Å². The highest BCUT2D eigenvalue weighted by Crippen LogP contribution is 2.21. The number of rotatable bonds is 3. The average Bonchev–Trinajstić information content (AvgIpc) is 2.47. The van der Waals surface area contributed by atoms with Crippen LogP contribution in [0.25, 0.3) is 0 Å². The molecule has 0 aliphatic heterocycles. The van der Waals surface area contributed by atoms with Crippen LogP contribution in [0.4, 0.5) is 17.6 Å². The molecule has 0 amide bonds. The zero-order chi connectivity index (χ0) is 10.9. The quantitative estimate of drug-likeness (QED) is 0.778. The van der Waals surface area contributed by atoms with Crippen LogP contribution in [0.2, 0.25) is 0 Å². The van der Waals surface area contributed by atoms with Crippen molar-refractivity contribution < 1.29 is 27.5 Å². The number of nitrogens with zero attached hydrogens (tertiary/aromatic N) is 2. The fourth-order valence-electron chi connectivity index (χ4n) is 0.828. The maximum Gasteiger partial charge on any atom is 0.354 e. The SMILES string of the molecule is O=C(O)c1cc(C(F)F)nn1C(F)F. The molecule has 0 atom stereocenters. The monoisotopic (exact) mass is 212 g/mol. The molecule has 0 saturated carbocycles. The molecule has 0 aliphatic carbocycles. The fraction of sp³-hybridized carbons (Fsp3) is 0.333. The number of hydrogen-bond acceptors (Lipinski definition) is 2. The average molecular weight is 212 g/mol. The van der Waals surface area contributed by atoms with Gasteiger partial charge in [0.2, 0.25) is 0 Å². The molecule has 0 aliphatic rings. The first-order valence-corrected chi connectivity index (χ1v) is 3.32. The van der Waals surface area contributed by atoms with Crippen LogP contribution in [0.5, 0.6) is 0 Å². The van der Waals surface area contributed by atoms with Crippen molar-refractivity contribution in [1.82, 2.24) is 9.78 Å². The summed E-state index contributed by atoms with van der Waals surface area (Å²) in [6.07, 6.45) is -3.08. The highest BCUT2D eigenvalue weighted by Gasteiger charge is 2.23. The number of aromatic nitrogens is 2. The number of alkyl halides is 4. The van der Waals surface area contributed by atoms with Crippen molar-refractivity contribution in [1.29, 1.82) is 0 Å². The summed E-state index contributed by atoms with van der Waals surface area (Å²) in [5.74, 6) is -1.73. The van der Waals surface area contributed by atoms with Gasteiger partial charge in [0.15, 0.2) is 5.69 Å². The standard InChI is InChI=1S/C6H4F4N2O2/c7-4(8)2-1-3(5(13)14)12(11-2)6(9)10/h1,4,6H,(H,13,14). The Morgan fingerprint density at radius 2 is 2.00 bits per heavy atom. The van der Waals surface area contributed by atoms with Crippen molar-refractivity contribution in [3.05, 3.63) is 17.5 Å². The van der Waals surface area contributed by atoms with E-state index in [4.69, 9.17) is 5.11 Å². The van der Waals surface area contributed by atoms with E-state index in [0.717, 1.165) is 0 Å². The number of carboxylic acid groups (broad SMARTS) is 1. The van der Waals surface area contributed by atoms with Crippen molar-refractivity contribution in [3.8, 4) is 0 Å². The van der Waals surface area contributed by atoms with E-state index in [1.165, 1.54) is 0 Å². The van der Waals surface area contributed by atoms with E-state index in [0.29, 0.717) is 6.07 Å². The van der Waals surface area contributed by atoms with Gasteiger partial charge in [0.25, 0.3) is 6.43 Å². The van der Waals surface area contributed by atoms with E-state index < -0.39 is 30.3 Å². The fourth-order valence-corrected chi connectivity index (χ4v) is 0.828. The topological polar surface area (TPSA) is 55.1 Å². The number of hydrogen-bond donors (Lipinski definition) is 1. The zero-order valence-corrected chi connectivity index (χ0v) is 6.49. The molecule has 0 bridgehead atoms. The molecular formula is C6H4F4N2O2. The summed E-state index contributed by atoms with van der Waals surface area (Å²) in [6, 6.07) is 0.416. The minimum atomic E-state index is -3.26. The number of aromatic carboxylic acids is 1. The largest absolute Gasteiger partial charge is 0.477 e. The van der Waals surface area contributed by atoms with Crippen molar-refractivity contribution in [2.24, 2.45) is 0 Å². The van der Waals surface area contributed by atoms with Crippen LogP contribution >= 0.6 is 0 Å². The van der Waals surface area contributed by atoms with Gasteiger partial charge in [-0.25, -0.2) is 13.6 Å². The van der Waals surface area contributed by atoms with Gasteiger partial charge in [-0.3, -0.25) is 0 Å².